The maximum absolute atomic E-state index is 12.9. The first-order valence-corrected chi connectivity index (χ1v) is 6.17. The number of benzene rings is 2. The summed E-state index contributed by atoms with van der Waals surface area (Å²) < 4.78 is 101. The Morgan fingerprint density at radius 2 is 1.13 bits per heavy atom. The van der Waals surface area contributed by atoms with Gasteiger partial charge in [0.15, 0.2) is 0 Å². The van der Waals surface area contributed by atoms with Crippen LogP contribution in [-0.4, -0.2) is 0 Å². The zero-order valence-electron chi connectivity index (χ0n) is 11.1. The molecule has 124 valence electrons. The van der Waals surface area contributed by atoms with E-state index in [1.165, 1.54) is 0 Å². The van der Waals surface area contributed by atoms with Gasteiger partial charge >= 0.3 is 12.4 Å². The van der Waals surface area contributed by atoms with E-state index in [4.69, 9.17) is 0 Å². The molecule has 0 nitrogen and oxygen atoms in total. The van der Waals surface area contributed by atoms with Gasteiger partial charge in [0, 0.05) is 5.56 Å². The first-order chi connectivity index (χ1) is 10.5. The van der Waals surface area contributed by atoms with Crippen LogP contribution in [0, 0.1) is 0 Å². The molecule has 0 aliphatic heterocycles. The van der Waals surface area contributed by atoms with E-state index >= 15 is 0 Å². The monoisotopic (exact) mass is 340 g/mol. The second kappa shape index (κ2) is 5.82. The highest BCUT2D eigenvalue weighted by Gasteiger charge is 2.32. The quantitative estimate of drug-likeness (QED) is 0.561. The van der Waals surface area contributed by atoms with Crippen LogP contribution in [0.4, 0.5) is 35.1 Å². The Balaban J connectivity index is 2.56. The van der Waals surface area contributed by atoms with Crippen LogP contribution in [0.3, 0.4) is 0 Å². The van der Waals surface area contributed by atoms with Crippen molar-refractivity contribution in [3.05, 3.63) is 59.2 Å². The number of rotatable bonds is 2. The summed E-state index contributed by atoms with van der Waals surface area (Å²) in [7, 11) is 0. The Kier molecular flexibility index (Phi) is 4.37. The molecule has 0 aliphatic rings. The van der Waals surface area contributed by atoms with Gasteiger partial charge in [0.2, 0.25) is 0 Å². The predicted octanol–water partition coefficient (Wildman–Crippen LogP) is 6.33. The Bertz CT molecular complexity index is 680. The molecule has 0 heterocycles. The summed E-state index contributed by atoms with van der Waals surface area (Å²) in [5, 5.41) is 0. The minimum atomic E-state index is -4.75. The number of hydrogen-bond donors (Lipinski definition) is 0. The van der Waals surface area contributed by atoms with E-state index < -0.39 is 41.0 Å². The molecule has 2 aromatic rings. The average Bonchev–Trinajstić information content (AvgIpc) is 2.45. The van der Waals surface area contributed by atoms with Gasteiger partial charge in [0.25, 0.3) is 6.43 Å². The molecule has 0 fully saturated rings. The van der Waals surface area contributed by atoms with Gasteiger partial charge in [-0.15, -0.1) is 0 Å². The third-order valence-corrected chi connectivity index (χ3v) is 3.14. The number of halogens is 8. The number of hydrogen-bond acceptors (Lipinski definition) is 0. The summed E-state index contributed by atoms with van der Waals surface area (Å²) in [4.78, 5) is 0. The van der Waals surface area contributed by atoms with E-state index in [-0.39, 0.29) is 5.56 Å². The van der Waals surface area contributed by atoms with E-state index in [9.17, 15) is 35.1 Å². The van der Waals surface area contributed by atoms with Crippen molar-refractivity contribution in [1.29, 1.82) is 0 Å². The van der Waals surface area contributed by atoms with Gasteiger partial charge in [-0.3, -0.25) is 0 Å². The van der Waals surface area contributed by atoms with Crippen molar-refractivity contribution < 1.29 is 35.1 Å². The molecule has 0 bridgehead atoms. The highest BCUT2D eigenvalue weighted by atomic mass is 19.4. The Morgan fingerprint density at radius 3 is 1.57 bits per heavy atom. The van der Waals surface area contributed by atoms with Gasteiger partial charge in [-0.2, -0.15) is 26.3 Å². The molecular weight excluding hydrogens is 332 g/mol. The van der Waals surface area contributed by atoms with E-state index in [2.05, 4.69) is 0 Å². The fourth-order valence-electron chi connectivity index (χ4n) is 2.01. The highest BCUT2D eigenvalue weighted by molar-refractivity contribution is 5.69. The van der Waals surface area contributed by atoms with Crippen LogP contribution in [0.5, 0.6) is 0 Å². The van der Waals surface area contributed by atoms with Gasteiger partial charge in [0.05, 0.1) is 11.1 Å². The lowest BCUT2D eigenvalue weighted by Gasteiger charge is -2.14. The third-order valence-electron chi connectivity index (χ3n) is 3.14. The van der Waals surface area contributed by atoms with Gasteiger partial charge in [-0.05, 0) is 35.4 Å². The summed E-state index contributed by atoms with van der Waals surface area (Å²) in [6, 6.07) is 4.63. The van der Waals surface area contributed by atoms with Crippen LogP contribution in [0.1, 0.15) is 23.1 Å². The first-order valence-electron chi connectivity index (χ1n) is 6.17. The van der Waals surface area contributed by atoms with Crippen LogP contribution in [0.25, 0.3) is 11.1 Å². The summed E-state index contributed by atoms with van der Waals surface area (Å²) in [6.45, 7) is 0. The van der Waals surface area contributed by atoms with Gasteiger partial charge in [-0.25, -0.2) is 8.78 Å². The smallest absolute Gasteiger partial charge is 0.205 e. The molecule has 8 heteroatoms. The summed E-state index contributed by atoms with van der Waals surface area (Å²) >= 11 is 0. The molecule has 0 saturated heterocycles. The molecule has 0 aliphatic carbocycles. The van der Waals surface area contributed by atoms with Gasteiger partial charge in [0.1, 0.15) is 0 Å². The Labute approximate surface area is 125 Å². The maximum Gasteiger partial charge on any atom is 0.416 e. The molecular formula is C15H8F8. The summed E-state index contributed by atoms with van der Waals surface area (Å²) in [6.07, 6.45) is -12.4. The zero-order valence-corrected chi connectivity index (χ0v) is 11.1. The normalized spacial score (nSPS) is 12.7. The first kappa shape index (κ1) is 17.2. The lowest BCUT2D eigenvalue weighted by Crippen LogP contribution is -2.06. The van der Waals surface area contributed by atoms with E-state index in [1.54, 1.807) is 0 Å². The van der Waals surface area contributed by atoms with Crippen LogP contribution in [0.15, 0.2) is 42.5 Å². The predicted molar refractivity (Wildman–Crippen MR) is 66.8 cm³/mol. The van der Waals surface area contributed by atoms with Crippen molar-refractivity contribution in [2.45, 2.75) is 18.8 Å². The standard InChI is InChI=1S/C15H8F8/c16-13(17)11-6-5-10(15(21,22)23)7-12(11)8-1-3-9(4-2-8)14(18,19)20/h1-7,13H. The topological polar surface area (TPSA) is 0 Å². The minimum absolute atomic E-state index is 0.153. The molecule has 0 radical (unpaired) electrons. The molecule has 0 amide bonds. The molecule has 23 heavy (non-hydrogen) atoms. The third kappa shape index (κ3) is 3.80. The molecule has 0 spiro atoms. The van der Waals surface area contributed by atoms with Crippen molar-refractivity contribution in [3.8, 4) is 11.1 Å². The highest BCUT2D eigenvalue weighted by Crippen LogP contribution is 2.38. The molecule has 0 atom stereocenters. The fraction of sp³-hybridized carbons (Fsp3) is 0.200. The minimum Gasteiger partial charge on any atom is -0.205 e. The number of alkyl halides is 8. The van der Waals surface area contributed by atoms with Crippen molar-refractivity contribution in [3.63, 3.8) is 0 Å². The van der Waals surface area contributed by atoms with Crippen LogP contribution < -0.4 is 0 Å². The van der Waals surface area contributed by atoms with Crippen molar-refractivity contribution >= 4 is 0 Å². The second-order valence-corrected chi connectivity index (χ2v) is 4.68. The molecule has 0 unspecified atom stereocenters. The molecule has 0 aromatic heterocycles. The van der Waals surface area contributed by atoms with E-state index in [1.807, 2.05) is 0 Å². The summed E-state index contributed by atoms with van der Waals surface area (Å²) in [5.74, 6) is 0. The Hall–Kier alpha value is -2.12. The average molecular weight is 340 g/mol. The zero-order chi connectivity index (χ0) is 17.4. The van der Waals surface area contributed by atoms with Crippen molar-refractivity contribution in [2.75, 3.05) is 0 Å². The molecule has 0 N–H and O–H groups in total. The maximum atomic E-state index is 12.9. The molecule has 2 aromatic carbocycles. The molecule has 2 rings (SSSR count). The largest absolute Gasteiger partial charge is 0.416 e. The lowest BCUT2D eigenvalue weighted by atomic mass is 9.96. The van der Waals surface area contributed by atoms with Crippen molar-refractivity contribution in [1.82, 2.24) is 0 Å². The van der Waals surface area contributed by atoms with Crippen LogP contribution in [0.2, 0.25) is 0 Å². The SMILES string of the molecule is FC(F)c1ccc(C(F)(F)F)cc1-c1ccc(C(F)(F)F)cc1. The second-order valence-electron chi connectivity index (χ2n) is 4.68. The fourth-order valence-corrected chi connectivity index (χ4v) is 2.01. The van der Waals surface area contributed by atoms with E-state index in [0.717, 1.165) is 12.1 Å². The van der Waals surface area contributed by atoms with Crippen LogP contribution in [-0.2, 0) is 12.4 Å². The molecule has 0 saturated carbocycles. The Morgan fingerprint density at radius 1 is 0.652 bits per heavy atom. The van der Waals surface area contributed by atoms with Gasteiger partial charge < -0.3 is 0 Å². The van der Waals surface area contributed by atoms with Crippen molar-refractivity contribution in [2.24, 2.45) is 0 Å². The van der Waals surface area contributed by atoms with Crippen LogP contribution >= 0.6 is 0 Å². The van der Waals surface area contributed by atoms with E-state index in [0.29, 0.717) is 30.3 Å². The summed E-state index contributed by atoms with van der Waals surface area (Å²) in [5.41, 5.74) is -3.47. The lowest BCUT2D eigenvalue weighted by molar-refractivity contribution is -0.138. The van der Waals surface area contributed by atoms with Gasteiger partial charge in [-0.1, -0.05) is 18.2 Å².